The molecule has 0 N–H and O–H groups in total. The van der Waals surface area contributed by atoms with Crippen LogP contribution in [0.3, 0.4) is 0 Å². The van der Waals surface area contributed by atoms with Crippen molar-refractivity contribution in [3.63, 3.8) is 0 Å². The maximum atomic E-state index is 5.99. The lowest BCUT2D eigenvalue weighted by Crippen LogP contribution is -1.98. The minimum absolute atomic E-state index is 0.00815. The van der Waals surface area contributed by atoms with E-state index >= 15 is 0 Å². The summed E-state index contributed by atoms with van der Waals surface area (Å²) >= 11 is 11.8. The number of hydrogen-bond acceptors (Lipinski definition) is 2. The third-order valence-electron chi connectivity index (χ3n) is 1.89. The summed E-state index contributed by atoms with van der Waals surface area (Å²) in [6.45, 7) is 0.542. The third-order valence-corrected chi connectivity index (χ3v) is 2.47. The zero-order valence-electron chi connectivity index (χ0n) is 6.71. The molecule has 0 saturated carbocycles. The Morgan fingerprint density at radius 1 is 1.38 bits per heavy atom. The van der Waals surface area contributed by atoms with Gasteiger partial charge in [0.2, 0.25) is 0 Å². The summed E-state index contributed by atoms with van der Waals surface area (Å²) in [7, 11) is 0. The molecule has 4 heteroatoms. The van der Waals surface area contributed by atoms with Gasteiger partial charge in [-0.15, -0.1) is 0 Å². The van der Waals surface area contributed by atoms with Crippen LogP contribution in [0.1, 0.15) is 11.6 Å². The highest BCUT2D eigenvalue weighted by Gasteiger charge is 2.17. The first-order chi connectivity index (χ1) is 6.27. The average Bonchev–Trinajstić information content (AvgIpc) is 2.61. The summed E-state index contributed by atoms with van der Waals surface area (Å²) in [4.78, 5) is 4.12. The molecule has 0 amide bonds. The molecule has 1 aromatic carbocycles. The van der Waals surface area contributed by atoms with E-state index in [0.717, 1.165) is 5.56 Å². The highest BCUT2D eigenvalue weighted by molar-refractivity contribution is 6.33. The van der Waals surface area contributed by atoms with Gasteiger partial charge in [0.1, 0.15) is 12.6 Å². The smallest absolute Gasteiger partial charge is 0.170 e. The number of hydrogen-bond donors (Lipinski definition) is 0. The van der Waals surface area contributed by atoms with E-state index in [1.807, 2.05) is 6.07 Å². The second-order valence-electron chi connectivity index (χ2n) is 2.77. The van der Waals surface area contributed by atoms with Gasteiger partial charge >= 0.3 is 0 Å². The molecule has 68 valence electrons. The molecule has 1 aliphatic heterocycles. The van der Waals surface area contributed by atoms with Crippen molar-refractivity contribution in [2.75, 3.05) is 6.61 Å². The molecular formula is C9H7Cl2NO. The van der Waals surface area contributed by atoms with Crippen molar-refractivity contribution in [1.82, 2.24) is 0 Å². The summed E-state index contributed by atoms with van der Waals surface area (Å²) in [6.07, 6.45) is 1.45. The number of rotatable bonds is 1. The predicted molar refractivity (Wildman–Crippen MR) is 53.6 cm³/mol. The number of nitrogens with zero attached hydrogens (tertiary/aromatic N) is 1. The van der Waals surface area contributed by atoms with Crippen molar-refractivity contribution >= 4 is 29.6 Å². The fourth-order valence-electron chi connectivity index (χ4n) is 1.23. The van der Waals surface area contributed by atoms with Crippen LogP contribution in [0.15, 0.2) is 23.2 Å². The molecule has 2 rings (SSSR count). The monoisotopic (exact) mass is 215 g/mol. The zero-order valence-corrected chi connectivity index (χ0v) is 8.22. The van der Waals surface area contributed by atoms with Gasteiger partial charge < -0.3 is 4.74 Å². The molecule has 1 heterocycles. The van der Waals surface area contributed by atoms with Gasteiger partial charge in [-0.2, -0.15) is 0 Å². The number of halogens is 2. The fourth-order valence-corrected chi connectivity index (χ4v) is 1.66. The Morgan fingerprint density at radius 2 is 2.23 bits per heavy atom. The second kappa shape index (κ2) is 3.56. The van der Waals surface area contributed by atoms with Crippen LogP contribution in [-0.2, 0) is 4.74 Å². The van der Waals surface area contributed by atoms with Crippen molar-refractivity contribution in [3.8, 4) is 0 Å². The summed E-state index contributed by atoms with van der Waals surface area (Å²) in [5, 5.41) is 1.35. The summed E-state index contributed by atoms with van der Waals surface area (Å²) in [5.41, 5.74) is 0.919. The van der Waals surface area contributed by atoms with Gasteiger partial charge in [-0.3, -0.25) is 0 Å². The van der Waals surface area contributed by atoms with Crippen LogP contribution < -0.4 is 0 Å². The number of ether oxygens (including phenoxy) is 1. The normalized spacial score (nSPS) is 20.3. The molecule has 13 heavy (non-hydrogen) atoms. The Kier molecular flexibility index (Phi) is 2.42. The average molecular weight is 216 g/mol. The first-order valence-electron chi connectivity index (χ1n) is 3.85. The predicted octanol–water partition coefficient (Wildman–Crippen LogP) is 3.09. The lowest BCUT2D eigenvalue weighted by atomic mass is 10.1. The van der Waals surface area contributed by atoms with E-state index in [2.05, 4.69) is 4.99 Å². The molecule has 1 unspecified atom stereocenters. The van der Waals surface area contributed by atoms with Crippen LogP contribution >= 0.6 is 23.2 Å². The van der Waals surface area contributed by atoms with E-state index in [0.29, 0.717) is 16.7 Å². The summed E-state index contributed by atoms with van der Waals surface area (Å²) in [5.74, 6) is 0. The molecule has 0 bridgehead atoms. The van der Waals surface area contributed by atoms with Gasteiger partial charge in [0.05, 0.1) is 0 Å². The number of aliphatic imine (C=N–C) groups is 1. The molecule has 2 nitrogen and oxygen atoms in total. The van der Waals surface area contributed by atoms with Crippen LogP contribution in [0, 0.1) is 0 Å². The van der Waals surface area contributed by atoms with E-state index in [9.17, 15) is 0 Å². The summed E-state index contributed by atoms with van der Waals surface area (Å²) < 4.78 is 5.01. The maximum Gasteiger partial charge on any atom is 0.170 e. The second-order valence-corrected chi connectivity index (χ2v) is 3.61. The third kappa shape index (κ3) is 1.79. The minimum atomic E-state index is -0.00815. The molecule has 1 aromatic rings. The molecule has 0 aliphatic carbocycles. The van der Waals surface area contributed by atoms with Gasteiger partial charge in [-0.25, -0.2) is 4.99 Å². The fraction of sp³-hybridized carbons (Fsp3) is 0.222. The van der Waals surface area contributed by atoms with E-state index in [1.165, 1.54) is 6.40 Å². The highest BCUT2D eigenvalue weighted by atomic mass is 35.5. The SMILES string of the molecule is Clc1ccc(Cl)c(C2COC=N2)c1. The molecule has 0 aromatic heterocycles. The molecule has 0 radical (unpaired) electrons. The highest BCUT2D eigenvalue weighted by Crippen LogP contribution is 2.30. The first kappa shape index (κ1) is 8.85. The Balaban J connectivity index is 2.37. The van der Waals surface area contributed by atoms with Crippen molar-refractivity contribution in [1.29, 1.82) is 0 Å². The van der Waals surface area contributed by atoms with Crippen molar-refractivity contribution in [2.24, 2.45) is 4.99 Å². The van der Waals surface area contributed by atoms with Crippen molar-refractivity contribution < 1.29 is 4.74 Å². The quantitative estimate of drug-likeness (QED) is 0.706. The lowest BCUT2D eigenvalue weighted by molar-refractivity contribution is 0.330. The van der Waals surface area contributed by atoms with E-state index in [4.69, 9.17) is 27.9 Å². The molecule has 1 atom stereocenters. The van der Waals surface area contributed by atoms with Gasteiger partial charge in [0, 0.05) is 15.6 Å². The van der Waals surface area contributed by atoms with Crippen LogP contribution in [0.2, 0.25) is 10.0 Å². The molecule has 1 aliphatic rings. The van der Waals surface area contributed by atoms with E-state index < -0.39 is 0 Å². The first-order valence-corrected chi connectivity index (χ1v) is 4.61. The van der Waals surface area contributed by atoms with Crippen LogP contribution in [-0.4, -0.2) is 13.0 Å². The number of benzene rings is 1. The Hall–Kier alpha value is -0.730. The van der Waals surface area contributed by atoms with Gasteiger partial charge in [0.15, 0.2) is 6.40 Å². The van der Waals surface area contributed by atoms with Gasteiger partial charge in [-0.1, -0.05) is 23.2 Å². The zero-order chi connectivity index (χ0) is 9.26. The van der Waals surface area contributed by atoms with Gasteiger partial charge in [0.25, 0.3) is 0 Å². The largest absolute Gasteiger partial charge is 0.481 e. The van der Waals surface area contributed by atoms with E-state index in [1.54, 1.807) is 12.1 Å². The molecule has 0 fully saturated rings. The molecule has 0 saturated heterocycles. The van der Waals surface area contributed by atoms with Crippen LogP contribution in [0.25, 0.3) is 0 Å². The summed E-state index contributed by atoms with van der Waals surface area (Å²) in [6, 6.07) is 5.34. The standard InChI is InChI=1S/C9H7Cl2NO/c10-6-1-2-8(11)7(3-6)9-4-13-5-12-9/h1-3,5,9H,4H2. The Morgan fingerprint density at radius 3 is 2.92 bits per heavy atom. The topological polar surface area (TPSA) is 21.6 Å². The van der Waals surface area contributed by atoms with Crippen molar-refractivity contribution in [2.45, 2.75) is 6.04 Å². The lowest BCUT2D eigenvalue weighted by Gasteiger charge is -2.07. The Bertz CT molecular complexity index is 351. The minimum Gasteiger partial charge on any atom is -0.481 e. The Labute approximate surface area is 86.1 Å². The van der Waals surface area contributed by atoms with Gasteiger partial charge in [-0.05, 0) is 18.2 Å². The van der Waals surface area contributed by atoms with Crippen LogP contribution in [0.4, 0.5) is 0 Å². The molecular weight excluding hydrogens is 209 g/mol. The van der Waals surface area contributed by atoms with Crippen molar-refractivity contribution in [3.05, 3.63) is 33.8 Å². The van der Waals surface area contributed by atoms with Crippen LogP contribution in [0.5, 0.6) is 0 Å². The molecule has 0 spiro atoms. The maximum absolute atomic E-state index is 5.99. The van der Waals surface area contributed by atoms with E-state index in [-0.39, 0.29) is 6.04 Å².